The number of ether oxygens (including phenoxy) is 4. The molecule has 2 unspecified atom stereocenters. The van der Waals surface area contributed by atoms with Gasteiger partial charge in [-0.15, -0.1) is 11.8 Å². The fourth-order valence-corrected chi connectivity index (χ4v) is 5.15. The Morgan fingerprint density at radius 1 is 0.846 bits per heavy atom. The zero-order valence-corrected chi connectivity index (χ0v) is 22.2. The largest absolute Gasteiger partial charge is 0.453 e. The molecular weight excluding hydrogens is 518 g/mol. The van der Waals surface area contributed by atoms with Gasteiger partial charge < -0.3 is 18.9 Å². The van der Waals surface area contributed by atoms with Crippen molar-refractivity contribution in [2.45, 2.75) is 43.4 Å². The van der Waals surface area contributed by atoms with E-state index in [-0.39, 0.29) is 13.2 Å². The van der Waals surface area contributed by atoms with Crippen LogP contribution in [0.5, 0.6) is 0 Å². The number of carbonyl (C=O) groups excluding carboxylic acids is 2. The summed E-state index contributed by atoms with van der Waals surface area (Å²) in [5, 5.41) is 3.70. The van der Waals surface area contributed by atoms with E-state index in [2.05, 4.69) is 10.0 Å². The lowest BCUT2D eigenvalue weighted by Crippen LogP contribution is -2.61. The summed E-state index contributed by atoms with van der Waals surface area (Å²) >= 11 is 1.42. The van der Waals surface area contributed by atoms with E-state index in [1.807, 2.05) is 37.3 Å². The van der Waals surface area contributed by atoms with Crippen molar-refractivity contribution in [2.24, 2.45) is 5.11 Å². The van der Waals surface area contributed by atoms with Crippen molar-refractivity contribution in [1.29, 1.82) is 0 Å². The summed E-state index contributed by atoms with van der Waals surface area (Å²) in [6, 6.07) is 26.6. The fourth-order valence-electron chi connectivity index (χ4n) is 4.20. The Labute approximate surface area is 231 Å². The highest BCUT2D eigenvalue weighted by Gasteiger charge is 2.50. The first-order valence-electron chi connectivity index (χ1n) is 12.6. The predicted octanol–water partition coefficient (Wildman–Crippen LogP) is 5.81. The van der Waals surface area contributed by atoms with Gasteiger partial charge in [-0.3, -0.25) is 0 Å². The van der Waals surface area contributed by atoms with Crippen molar-refractivity contribution < 1.29 is 28.5 Å². The second-order valence-corrected chi connectivity index (χ2v) is 10.0. The van der Waals surface area contributed by atoms with E-state index >= 15 is 0 Å². The van der Waals surface area contributed by atoms with Crippen LogP contribution in [0.25, 0.3) is 10.4 Å². The van der Waals surface area contributed by atoms with Gasteiger partial charge in [0, 0.05) is 4.91 Å². The number of thioether (sulfide) groups is 1. The molecule has 0 N–H and O–H groups in total. The number of nitrogens with zero attached hydrogens (tertiary/aromatic N) is 3. The number of esters is 2. The lowest BCUT2D eigenvalue weighted by atomic mass is 9.98. The molecule has 1 fully saturated rings. The molecule has 1 saturated heterocycles. The van der Waals surface area contributed by atoms with Gasteiger partial charge in [-0.1, -0.05) is 78.8 Å². The molecule has 0 radical (unpaired) electrons. The Hall–Kier alpha value is -3.82. The van der Waals surface area contributed by atoms with Gasteiger partial charge in [-0.05, 0) is 41.1 Å². The molecule has 0 saturated carbocycles. The normalized spacial score (nSPS) is 22.3. The van der Waals surface area contributed by atoms with E-state index < -0.39 is 41.8 Å². The van der Waals surface area contributed by atoms with Gasteiger partial charge in [0.25, 0.3) is 0 Å². The summed E-state index contributed by atoms with van der Waals surface area (Å²) in [6.07, 6.45) is -3.70. The molecule has 0 bridgehead atoms. The highest BCUT2D eigenvalue weighted by Crippen LogP contribution is 2.35. The van der Waals surface area contributed by atoms with Crippen LogP contribution in [0, 0.1) is 0 Å². The van der Waals surface area contributed by atoms with E-state index in [0.717, 1.165) is 5.56 Å². The first-order valence-corrected chi connectivity index (χ1v) is 13.6. The fraction of sp³-hybridized carbons (Fsp3) is 0.310. The smallest absolute Gasteiger partial charge is 0.338 e. The number of hydrogen-bond acceptors (Lipinski definition) is 8. The molecule has 0 amide bonds. The second kappa shape index (κ2) is 14.4. The third kappa shape index (κ3) is 7.61. The summed E-state index contributed by atoms with van der Waals surface area (Å²) in [4.78, 5) is 29.2. The Bertz CT molecular complexity index is 1260. The topological polar surface area (TPSA) is 120 Å². The van der Waals surface area contributed by atoms with Gasteiger partial charge in [0.1, 0.15) is 17.6 Å². The van der Waals surface area contributed by atoms with Gasteiger partial charge in [0.15, 0.2) is 12.2 Å². The van der Waals surface area contributed by atoms with Crippen LogP contribution in [0.2, 0.25) is 0 Å². The van der Waals surface area contributed by atoms with Crippen molar-refractivity contribution in [2.75, 3.05) is 12.3 Å². The zero-order valence-electron chi connectivity index (χ0n) is 21.4. The average molecular weight is 548 g/mol. The molecule has 9 nitrogen and oxygen atoms in total. The molecule has 1 heterocycles. The van der Waals surface area contributed by atoms with Crippen molar-refractivity contribution in [3.05, 3.63) is 118 Å². The summed E-state index contributed by atoms with van der Waals surface area (Å²) in [6.45, 7) is 2.02. The van der Waals surface area contributed by atoms with E-state index in [9.17, 15) is 9.59 Å². The van der Waals surface area contributed by atoms with Crippen LogP contribution in [0.15, 0.2) is 96.1 Å². The second-order valence-electron chi connectivity index (χ2n) is 8.64. The number of carbonyl (C=O) groups is 2. The molecule has 4 rings (SSSR count). The minimum absolute atomic E-state index is 0.103. The Morgan fingerprint density at radius 3 is 1.92 bits per heavy atom. The molecule has 0 spiro atoms. The van der Waals surface area contributed by atoms with Gasteiger partial charge in [0.2, 0.25) is 0 Å². The Balaban J connectivity index is 1.70. The van der Waals surface area contributed by atoms with Crippen molar-refractivity contribution in [3.63, 3.8) is 0 Å². The van der Waals surface area contributed by atoms with Crippen LogP contribution >= 0.6 is 11.8 Å². The van der Waals surface area contributed by atoms with Crippen LogP contribution in [-0.2, 0) is 25.6 Å². The van der Waals surface area contributed by atoms with Crippen molar-refractivity contribution in [3.8, 4) is 0 Å². The molecule has 39 heavy (non-hydrogen) atoms. The van der Waals surface area contributed by atoms with E-state index in [1.54, 1.807) is 60.7 Å². The first kappa shape index (κ1) is 28.2. The lowest BCUT2D eigenvalue weighted by Gasteiger charge is -2.45. The molecule has 0 aromatic heterocycles. The Morgan fingerprint density at radius 2 is 1.38 bits per heavy atom. The molecule has 10 heteroatoms. The van der Waals surface area contributed by atoms with E-state index in [0.29, 0.717) is 16.9 Å². The van der Waals surface area contributed by atoms with Crippen LogP contribution < -0.4 is 0 Å². The highest BCUT2D eigenvalue weighted by molar-refractivity contribution is 7.99. The molecule has 3 aromatic carbocycles. The molecule has 1 aliphatic rings. The molecule has 3 aromatic rings. The van der Waals surface area contributed by atoms with E-state index in [1.165, 1.54) is 11.8 Å². The standard InChI is InChI=1S/C29H29N3O6S/c1-2-39-29-26(38-28(34)22-16-10-5-11-17-22)25(35-19-20-12-6-3-7-13-20)24(23(36-29)18-31-32-30)37-27(33)21-14-8-4-9-15-21/h3-17,23-26,29H,2,18-19H2,1H3/t23?,24-,25-,26?,29-/m1/s1. The number of benzene rings is 3. The SMILES string of the molecule is CCS[C@H]1OC(CN=[N+]=[N-])[C@@H](OC(=O)c2ccccc2)[C@@H](OCc2ccccc2)C1OC(=O)c1ccccc1. The predicted molar refractivity (Wildman–Crippen MR) is 147 cm³/mol. The Kier molecular flexibility index (Phi) is 10.4. The molecule has 5 atom stereocenters. The highest BCUT2D eigenvalue weighted by atomic mass is 32.2. The first-order chi connectivity index (χ1) is 19.1. The maximum absolute atomic E-state index is 13.2. The third-order valence-corrected chi connectivity index (χ3v) is 7.08. The number of rotatable bonds is 11. The number of hydrogen-bond donors (Lipinski definition) is 0. The van der Waals surface area contributed by atoms with Crippen LogP contribution in [-0.4, -0.2) is 54.1 Å². The zero-order chi connectivity index (χ0) is 27.5. The quantitative estimate of drug-likeness (QED) is 0.129. The van der Waals surface area contributed by atoms with Gasteiger partial charge in [-0.25, -0.2) is 9.59 Å². The minimum atomic E-state index is -1.03. The van der Waals surface area contributed by atoms with Gasteiger partial charge >= 0.3 is 11.9 Å². The molecule has 0 aliphatic carbocycles. The molecule has 1 aliphatic heterocycles. The van der Waals surface area contributed by atoms with Crippen molar-refractivity contribution in [1.82, 2.24) is 0 Å². The number of azide groups is 1. The third-order valence-electron chi connectivity index (χ3n) is 6.04. The molecule has 202 valence electrons. The lowest BCUT2D eigenvalue weighted by molar-refractivity contribution is -0.214. The average Bonchev–Trinajstić information content (AvgIpc) is 2.98. The van der Waals surface area contributed by atoms with Crippen LogP contribution in [0.4, 0.5) is 0 Å². The van der Waals surface area contributed by atoms with Crippen molar-refractivity contribution >= 4 is 23.7 Å². The van der Waals surface area contributed by atoms with Crippen LogP contribution in [0.3, 0.4) is 0 Å². The minimum Gasteiger partial charge on any atom is -0.453 e. The summed E-state index contributed by atoms with van der Waals surface area (Å²) in [5.41, 5.74) is 9.95. The summed E-state index contributed by atoms with van der Waals surface area (Å²) in [5.74, 6) is -0.503. The summed E-state index contributed by atoms with van der Waals surface area (Å²) in [7, 11) is 0. The van der Waals surface area contributed by atoms with E-state index in [4.69, 9.17) is 24.5 Å². The van der Waals surface area contributed by atoms with Gasteiger partial charge in [0.05, 0.1) is 24.3 Å². The monoisotopic (exact) mass is 547 g/mol. The van der Waals surface area contributed by atoms with Crippen LogP contribution in [0.1, 0.15) is 33.2 Å². The molecular formula is C29H29N3O6S. The maximum Gasteiger partial charge on any atom is 0.338 e. The summed E-state index contributed by atoms with van der Waals surface area (Å²) < 4.78 is 24.6. The van der Waals surface area contributed by atoms with Gasteiger partial charge in [-0.2, -0.15) is 0 Å². The maximum atomic E-state index is 13.2.